The number of nitrogens with zero attached hydrogens (tertiary/aromatic N) is 2. The number of nitrogens with one attached hydrogen (secondary N) is 2. The first-order valence-electron chi connectivity index (χ1n) is 8.19. The molecule has 0 amide bonds. The lowest BCUT2D eigenvalue weighted by atomic mass is 10.2. The van der Waals surface area contributed by atoms with Crippen LogP contribution < -0.4 is 10.6 Å². The molecule has 0 aliphatic rings. The summed E-state index contributed by atoms with van der Waals surface area (Å²) in [5, 5.41) is 10.5. The molecule has 0 bridgehead atoms. The maximum atomic E-state index is 4.64. The topological polar surface area (TPSA) is 49.3 Å². The van der Waals surface area contributed by atoms with E-state index in [1.807, 2.05) is 17.8 Å². The summed E-state index contributed by atoms with van der Waals surface area (Å²) < 4.78 is 0. The molecule has 1 aromatic carbocycles. The van der Waals surface area contributed by atoms with Gasteiger partial charge < -0.3 is 10.6 Å². The molecule has 24 heavy (non-hydrogen) atoms. The molecule has 130 valence electrons. The van der Waals surface area contributed by atoms with E-state index in [1.165, 1.54) is 9.90 Å². The Balaban J connectivity index is 1.75. The molecule has 2 N–H and O–H groups in total. The van der Waals surface area contributed by atoms with Gasteiger partial charge in [0.2, 0.25) is 0 Å². The van der Waals surface area contributed by atoms with E-state index in [2.05, 4.69) is 71.0 Å². The molecular weight excluding hydrogens is 336 g/mol. The van der Waals surface area contributed by atoms with Crippen molar-refractivity contribution in [3.05, 3.63) is 46.4 Å². The van der Waals surface area contributed by atoms with Gasteiger partial charge in [-0.1, -0.05) is 39.0 Å². The summed E-state index contributed by atoms with van der Waals surface area (Å²) in [4.78, 5) is 10.2. The number of aliphatic imine (C=N–C) groups is 1. The Bertz CT molecular complexity index is 637. The minimum absolute atomic E-state index is 0.456. The highest BCUT2D eigenvalue weighted by Crippen LogP contribution is 2.22. The zero-order valence-corrected chi connectivity index (χ0v) is 16.4. The van der Waals surface area contributed by atoms with Crippen molar-refractivity contribution >= 4 is 29.1 Å². The molecule has 1 heterocycles. The lowest BCUT2D eigenvalue weighted by molar-refractivity contribution is 0.773. The van der Waals surface area contributed by atoms with Gasteiger partial charge in [0.25, 0.3) is 0 Å². The van der Waals surface area contributed by atoms with Gasteiger partial charge in [-0.05, 0) is 12.1 Å². The first-order chi connectivity index (χ1) is 11.6. The quantitative estimate of drug-likeness (QED) is 0.442. The van der Waals surface area contributed by atoms with Gasteiger partial charge in [-0.25, -0.2) is 4.98 Å². The molecule has 2 rings (SSSR count). The molecule has 0 spiro atoms. The Morgan fingerprint density at radius 3 is 2.58 bits per heavy atom. The smallest absolute Gasteiger partial charge is 0.191 e. The van der Waals surface area contributed by atoms with Crippen LogP contribution in [0.3, 0.4) is 0 Å². The Kier molecular flexibility index (Phi) is 7.59. The molecule has 1 aromatic heterocycles. The fourth-order valence-electron chi connectivity index (χ4n) is 2.08. The van der Waals surface area contributed by atoms with Crippen molar-refractivity contribution in [2.75, 3.05) is 13.6 Å². The number of thiazole rings is 1. The molecule has 0 fully saturated rings. The van der Waals surface area contributed by atoms with Crippen LogP contribution in [0.5, 0.6) is 0 Å². The number of rotatable bonds is 7. The van der Waals surface area contributed by atoms with Crippen LogP contribution in [0.2, 0.25) is 0 Å². The van der Waals surface area contributed by atoms with Crippen LogP contribution in [-0.4, -0.2) is 29.8 Å². The SMILES string of the molecule is CN=C(NCc1csc(C(C)C)n1)NCC(C)Sc1ccccc1. The number of hydrogen-bond acceptors (Lipinski definition) is 4. The second-order valence-corrected chi connectivity index (χ2v) is 8.28. The van der Waals surface area contributed by atoms with Crippen LogP contribution in [0, 0.1) is 0 Å². The van der Waals surface area contributed by atoms with Gasteiger partial charge in [0.05, 0.1) is 17.2 Å². The summed E-state index contributed by atoms with van der Waals surface area (Å²) in [6, 6.07) is 10.5. The van der Waals surface area contributed by atoms with E-state index in [0.29, 0.717) is 17.7 Å². The Morgan fingerprint density at radius 2 is 1.96 bits per heavy atom. The summed E-state index contributed by atoms with van der Waals surface area (Å²) >= 11 is 3.58. The highest BCUT2D eigenvalue weighted by Gasteiger charge is 2.08. The van der Waals surface area contributed by atoms with Crippen LogP contribution >= 0.6 is 23.1 Å². The number of aromatic nitrogens is 1. The van der Waals surface area contributed by atoms with Gasteiger partial charge in [-0.3, -0.25) is 4.99 Å². The van der Waals surface area contributed by atoms with Gasteiger partial charge >= 0.3 is 0 Å². The van der Waals surface area contributed by atoms with Gasteiger partial charge in [-0.15, -0.1) is 23.1 Å². The van der Waals surface area contributed by atoms with Gasteiger partial charge in [0.15, 0.2) is 5.96 Å². The van der Waals surface area contributed by atoms with E-state index in [-0.39, 0.29) is 0 Å². The number of thioether (sulfide) groups is 1. The van der Waals surface area contributed by atoms with Crippen molar-refractivity contribution in [3.8, 4) is 0 Å². The minimum Gasteiger partial charge on any atom is -0.355 e. The molecule has 0 saturated heterocycles. The van der Waals surface area contributed by atoms with E-state index >= 15 is 0 Å². The third-order valence-electron chi connectivity index (χ3n) is 3.36. The number of hydrogen-bond donors (Lipinski definition) is 2. The fourth-order valence-corrected chi connectivity index (χ4v) is 3.86. The molecule has 6 heteroatoms. The molecule has 2 aromatic rings. The largest absolute Gasteiger partial charge is 0.355 e. The summed E-state index contributed by atoms with van der Waals surface area (Å²) in [6.07, 6.45) is 0. The van der Waals surface area contributed by atoms with Crippen LogP contribution in [0.25, 0.3) is 0 Å². The Hall–Kier alpha value is -1.53. The van der Waals surface area contributed by atoms with Crippen LogP contribution in [0.1, 0.15) is 37.4 Å². The molecule has 4 nitrogen and oxygen atoms in total. The van der Waals surface area contributed by atoms with Crippen molar-refractivity contribution in [2.24, 2.45) is 4.99 Å². The summed E-state index contributed by atoms with van der Waals surface area (Å²) in [7, 11) is 1.80. The molecule has 1 unspecified atom stereocenters. The van der Waals surface area contributed by atoms with Crippen LogP contribution in [0.4, 0.5) is 0 Å². The van der Waals surface area contributed by atoms with E-state index in [0.717, 1.165) is 18.2 Å². The maximum absolute atomic E-state index is 4.64. The molecule has 0 aliphatic carbocycles. The van der Waals surface area contributed by atoms with Gasteiger partial charge in [0.1, 0.15) is 0 Å². The lowest BCUT2D eigenvalue weighted by Gasteiger charge is -2.15. The predicted molar refractivity (Wildman–Crippen MR) is 106 cm³/mol. The highest BCUT2D eigenvalue weighted by molar-refractivity contribution is 8.00. The lowest BCUT2D eigenvalue weighted by Crippen LogP contribution is -2.39. The van der Waals surface area contributed by atoms with Crippen molar-refractivity contribution < 1.29 is 0 Å². The first kappa shape index (κ1) is 18.8. The van der Waals surface area contributed by atoms with Crippen LogP contribution in [0.15, 0.2) is 45.6 Å². The zero-order valence-electron chi connectivity index (χ0n) is 14.7. The summed E-state index contributed by atoms with van der Waals surface area (Å²) in [5.41, 5.74) is 1.07. The minimum atomic E-state index is 0.456. The monoisotopic (exact) mass is 362 g/mol. The second-order valence-electron chi connectivity index (χ2n) is 5.88. The van der Waals surface area contributed by atoms with E-state index in [1.54, 1.807) is 18.4 Å². The third kappa shape index (κ3) is 6.17. The predicted octanol–water partition coefficient (Wildman–Crippen LogP) is 4.11. The van der Waals surface area contributed by atoms with Crippen molar-refractivity contribution in [2.45, 2.75) is 43.4 Å². The third-order valence-corrected chi connectivity index (χ3v) is 5.67. The van der Waals surface area contributed by atoms with Gasteiger partial charge in [-0.2, -0.15) is 0 Å². The fraction of sp³-hybridized carbons (Fsp3) is 0.444. The average Bonchev–Trinajstić information content (AvgIpc) is 3.05. The van der Waals surface area contributed by atoms with E-state index < -0.39 is 0 Å². The van der Waals surface area contributed by atoms with Gasteiger partial charge in [0, 0.05) is 35.0 Å². The normalized spacial score (nSPS) is 13.1. The second kappa shape index (κ2) is 9.69. The van der Waals surface area contributed by atoms with Crippen molar-refractivity contribution in [1.82, 2.24) is 15.6 Å². The number of guanidine groups is 1. The molecule has 0 radical (unpaired) electrons. The average molecular weight is 363 g/mol. The summed E-state index contributed by atoms with van der Waals surface area (Å²) in [6.45, 7) is 8.11. The van der Waals surface area contributed by atoms with E-state index in [9.17, 15) is 0 Å². The maximum Gasteiger partial charge on any atom is 0.191 e. The summed E-state index contributed by atoms with van der Waals surface area (Å²) in [5.74, 6) is 1.30. The Morgan fingerprint density at radius 1 is 1.21 bits per heavy atom. The highest BCUT2D eigenvalue weighted by atomic mass is 32.2. The molecule has 0 aliphatic heterocycles. The number of benzene rings is 1. The molecule has 0 saturated carbocycles. The first-order valence-corrected chi connectivity index (χ1v) is 9.95. The standard InChI is InChI=1S/C18H26N4S2/c1-13(2)17-22-15(12-23-17)11-21-18(19-4)20-10-14(3)24-16-8-6-5-7-9-16/h5-9,12-14H,10-11H2,1-4H3,(H2,19,20,21). The molecular formula is C18H26N4S2. The van der Waals surface area contributed by atoms with Crippen molar-refractivity contribution in [3.63, 3.8) is 0 Å². The van der Waals surface area contributed by atoms with Crippen molar-refractivity contribution in [1.29, 1.82) is 0 Å². The van der Waals surface area contributed by atoms with E-state index in [4.69, 9.17) is 0 Å². The van der Waals surface area contributed by atoms with Crippen LogP contribution in [-0.2, 0) is 6.54 Å². The Labute approximate surface area is 153 Å². The molecule has 1 atom stereocenters. The zero-order chi connectivity index (χ0) is 17.4.